The van der Waals surface area contributed by atoms with E-state index in [1.807, 2.05) is 0 Å². The Morgan fingerprint density at radius 3 is 2.28 bits per heavy atom. The molecule has 5 aromatic rings. The maximum atomic E-state index is 14.1. The van der Waals surface area contributed by atoms with Gasteiger partial charge in [-0.1, -0.05) is 18.2 Å². The largest absolute Gasteiger partial charge is 0.508 e. The second kappa shape index (κ2) is 9.97. The zero-order chi connectivity index (χ0) is 30.3. The van der Waals surface area contributed by atoms with Crippen LogP contribution in [-0.4, -0.2) is 112 Å². The van der Waals surface area contributed by atoms with E-state index in [-0.39, 0.29) is 16.9 Å². The number of aliphatic hydroxyl groups is 6. The van der Waals surface area contributed by atoms with Crippen LogP contribution >= 0.6 is 0 Å². The molecule has 2 amide bonds. The first-order chi connectivity index (χ1) is 20.7. The van der Waals surface area contributed by atoms with Crippen molar-refractivity contribution in [1.82, 2.24) is 20.0 Å². The first kappa shape index (κ1) is 27.7. The number of aromatic amines is 1. The molecule has 1 unspecified atom stereocenters. The van der Waals surface area contributed by atoms with Crippen LogP contribution in [-0.2, 0) is 4.74 Å². The molecule has 1 fully saturated rings. The van der Waals surface area contributed by atoms with Gasteiger partial charge in [0.2, 0.25) is 0 Å². The van der Waals surface area contributed by atoms with Gasteiger partial charge < -0.3 is 50.0 Å². The van der Waals surface area contributed by atoms with Crippen molar-refractivity contribution in [2.75, 3.05) is 19.8 Å². The van der Waals surface area contributed by atoms with Gasteiger partial charge in [0.05, 0.1) is 59.1 Å². The molecule has 3 aromatic carbocycles. The van der Waals surface area contributed by atoms with E-state index in [0.717, 1.165) is 5.01 Å². The lowest BCUT2D eigenvalue weighted by Crippen LogP contribution is -2.56. The Labute approximate surface area is 241 Å². The lowest BCUT2D eigenvalue weighted by atomic mass is 9.96. The summed E-state index contributed by atoms with van der Waals surface area (Å²) < 4.78 is 7.53. The molecule has 9 N–H and O–H groups in total. The summed E-state index contributed by atoms with van der Waals surface area (Å²) in [7, 11) is 0. The molecule has 0 saturated carbocycles. The number of rotatable bonds is 6. The van der Waals surface area contributed by atoms with E-state index < -0.39 is 68.3 Å². The Hall–Kier alpha value is -4.12. The summed E-state index contributed by atoms with van der Waals surface area (Å²) in [5, 5.41) is 74.1. The van der Waals surface area contributed by atoms with E-state index in [1.54, 1.807) is 34.9 Å². The topological polar surface area (TPSA) is 221 Å². The number of para-hydroxylation sites is 1. The third-order valence-corrected chi connectivity index (χ3v) is 8.39. The molecule has 14 nitrogen and oxygen atoms in total. The number of nitrogens with one attached hydrogen (secondary N) is 2. The number of hydrazine groups is 1. The molecule has 5 atom stereocenters. The molecule has 43 heavy (non-hydrogen) atoms. The number of hydrogen-bond acceptors (Lipinski definition) is 11. The molecule has 2 aliphatic heterocycles. The van der Waals surface area contributed by atoms with E-state index in [0.29, 0.717) is 43.6 Å². The molecule has 2 aliphatic rings. The number of fused-ring (bicyclic) bond motifs is 10. The van der Waals surface area contributed by atoms with Crippen LogP contribution in [0.2, 0.25) is 0 Å². The number of amides is 2. The van der Waals surface area contributed by atoms with Crippen molar-refractivity contribution in [2.24, 2.45) is 0 Å². The molecule has 0 bridgehead atoms. The SMILES string of the molecule is O=C1c2c(c3c4ccccc4n(C4O[C@H](CO)[C@@H](O)[C@H](O)[C@H]4O)c3c3[nH]c4cc(O)ccc4c23)C(=O)N1NC(CO)CO. The van der Waals surface area contributed by atoms with Gasteiger partial charge in [0, 0.05) is 27.6 Å². The van der Waals surface area contributed by atoms with Crippen LogP contribution in [0, 0.1) is 0 Å². The fourth-order valence-corrected chi connectivity index (χ4v) is 6.38. The second-order valence-corrected chi connectivity index (χ2v) is 10.8. The molecule has 14 heteroatoms. The molecule has 0 radical (unpaired) electrons. The third kappa shape index (κ3) is 3.76. The van der Waals surface area contributed by atoms with Crippen molar-refractivity contribution in [3.8, 4) is 5.75 Å². The molecular weight excluding hydrogens is 564 g/mol. The number of hydrogen-bond donors (Lipinski definition) is 9. The highest BCUT2D eigenvalue weighted by atomic mass is 16.6. The quantitative estimate of drug-likeness (QED) is 0.115. The van der Waals surface area contributed by atoms with Crippen molar-refractivity contribution in [3.05, 3.63) is 53.6 Å². The lowest BCUT2D eigenvalue weighted by molar-refractivity contribution is -0.249. The van der Waals surface area contributed by atoms with Gasteiger partial charge in [0.15, 0.2) is 6.23 Å². The summed E-state index contributed by atoms with van der Waals surface area (Å²) >= 11 is 0. The monoisotopic (exact) mass is 592 g/mol. The van der Waals surface area contributed by atoms with Crippen LogP contribution in [0.4, 0.5) is 0 Å². The van der Waals surface area contributed by atoms with Gasteiger partial charge in [0.25, 0.3) is 11.8 Å². The van der Waals surface area contributed by atoms with Crippen LogP contribution in [0.25, 0.3) is 43.6 Å². The normalized spacial score (nSPS) is 24.4. The molecule has 1 saturated heterocycles. The van der Waals surface area contributed by atoms with Crippen LogP contribution in [0.3, 0.4) is 0 Å². The smallest absolute Gasteiger partial charge is 0.276 e. The number of phenols is 1. The van der Waals surface area contributed by atoms with Crippen LogP contribution < -0.4 is 5.43 Å². The number of carbonyl (C=O) groups excluding carboxylic acids is 2. The number of imide groups is 1. The number of carbonyl (C=O) groups is 2. The minimum atomic E-state index is -1.69. The number of phenolic OH excluding ortho intramolecular Hbond substituents is 1. The van der Waals surface area contributed by atoms with E-state index in [2.05, 4.69) is 10.4 Å². The van der Waals surface area contributed by atoms with E-state index in [1.165, 1.54) is 12.1 Å². The number of H-pyrrole nitrogens is 1. The van der Waals surface area contributed by atoms with Crippen LogP contribution in [0.1, 0.15) is 26.9 Å². The molecule has 224 valence electrons. The maximum Gasteiger partial charge on any atom is 0.276 e. The van der Waals surface area contributed by atoms with E-state index in [4.69, 9.17) is 4.74 Å². The first-order valence-corrected chi connectivity index (χ1v) is 13.6. The Balaban J connectivity index is 1.63. The summed E-state index contributed by atoms with van der Waals surface area (Å²) in [6.07, 6.45) is -7.53. The maximum absolute atomic E-state index is 14.1. The van der Waals surface area contributed by atoms with Gasteiger partial charge in [-0.2, -0.15) is 0 Å². The predicted molar refractivity (Wildman–Crippen MR) is 151 cm³/mol. The van der Waals surface area contributed by atoms with Gasteiger partial charge in [-0.25, -0.2) is 10.4 Å². The highest BCUT2D eigenvalue weighted by molar-refractivity contribution is 6.39. The Morgan fingerprint density at radius 2 is 1.58 bits per heavy atom. The summed E-state index contributed by atoms with van der Waals surface area (Å²) in [6.45, 7) is -1.77. The highest BCUT2D eigenvalue weighted by Crippen LogP contribution is 2.47. The van der Waals surface area contributed by atoms with E-state index >= 15 is 0 Å². The number of aliphatic hydroxyl groups excluding tert-OH is 6. The molecule has 4 heterocycles. The predicted octanol–water partition coefficient (Wildman–Crippen LogP) is -0.439. The van der Waals surface area contributed by atoms with Crippen molar-refractivity contribution < 1.29 is 50.1 Å². The minimum absolute atomic E-state index is 0.0168. The average Bonchev–Trinajstić information content (AvgIpc) is 3.62. The molecule has 0 spiro atoms. The van der Waals surface area contributed by atoms with Crippen LogP contribution in [0.15, 0.2) is 42.5 Å². The fourth-order valence-electron chi connectivity index (χ4n) is 6.38. The molecule has 0 aliphatic carbocycles. The number of aromatic hydroxyl groups is 1. The summed E-state index contributed by atoms with van der Waals surface area (Å²) in [5.41, 5.74) is 4.23. The average molecular weight is 593 g/mol. The molecular formula is C29H28N4O10. The molecule has 7 rings (SSSR count). The first-order valence-electron chi connectivity index (χ1n) is 13.6. The number of benzene rings is 3. The van der Waals surface area contributed by atoms with Crippen LogP contribution in [0.5, 0.6) is 5.75 Å². The van der Waals surface area contributed by atoms with Crippen molar-refractivity contribution in [3.63, 3.8) is 0 Å². The van der Waals surface area contributed by atoms with Gasteiger partial charge in [0.1, 0.15) is 30.2 Å². The Morgan fingerprint density at radius 1 is 0.884 bits per heavy atom. The van der Waals surface area contributed by atoms with Crippen molar-refractivity contribution in [2.45, 2.75) is 36.7 Å². The van der Waals surface area contributed by atoms with Gasteiger partial charge in [-0.05, 0) is 18.2 Å². The zero-order valence-electron chi connectivity index (χ0n) is 22.4. The Kier molecular flexibility index (Phi) is 6.42. The third-order valence-electron chi connectivity index (χ3n) is 8.39. The van der Waals surface area contributed by atoms with E-state index in [9.17, 15) is 45.3 Å². The van der Waals surface area contributed by atoms with Gasteiger partial charge in [-0.15, -0.1) is 0 Å². The Bertz CT molecular complexity index is 1940. The lowest BCUT2D eigenvalue weighted by Gasteiger charge is -2.41. The second-order valence-electron chi connectivity index (χ2n) is 10.8. The summed E-state index contributed by atoms with van der Waals surface area (Å²) in [6, 6.07) is 10.3. The number of nitrogens with zero attached hydrogens (tertiary/aromatic N) is 2. The standard InChI is InChI=1S/C29H28N4O10/c34-8-11(9-35)31-33-27(41)20-18-13-6-5-12(37)7-15(13)30-22(18)23-19(21(20)28(33)42)14-3-1-2-4-16(14)32(23)29-26(40)25(39)24(38)17(10-36)43-29/h1-7,11,17,24-26,29-31,34-40H,8-10H2/t17-,24-,25+,26-,29?/m1/s1. The van der Waals surface area contributed by atoms with Crippen molar-refractivity contribution >= 4 is 55.4 Å². The summed E-state index contributed by atoms with van der Waals surface area (Å²) in [5.74, 6) is -1.53. The number of aromatic nitrogens is 2. The molecule has 2 aromatic heterocycles. The summed E-state index contributed by atoms with van der Waals surface area (Å²) in [4.78, 5) is 31.3. The van der Waals surface area contributed by atoms with Gasteiger partial charge >= 0.3 is 0 Å². The zero-order valence-corrected chi connectivity index (χ0v) is 22.4. The number of ether oxygens (including phenoxy) is 1. The fraction of sp³-hybridized carbons (Fsp3) is 0.310. The minimum Gasteiger partial charge on any atom is -0.508 e. The highest BCUT2D eigenvalue weighted by Gasteiger charge is 2.47. The van der Waals surface area contributed by atoms with Gasteiger partial charge in [-0.3, -0.25) is 9.59 Å². The van der Waals surface area contributed by atoms with Crippen molar-refractivity contribution in [1.29, 1.82) is 0 Å².